The Kier molecular flexibility index (Phi) is 7.60. The van der Waals surface area contributed by atoms with E-state index >= 15 is 0 Å². The molecule has 0 spiro atoms. The van der Waals surface area contributed by atoms with Gasteiger partial charge in [-0.1, -0.05) is 25.1 Å². The fourth-order valence-electron chi connectivity index (χ4n) is 2.09. The molecule has 0 unspecified atom stereocenters. The van der Waals surface area contributed by atoms with Crippen LogP contribution in [0.4, 0.5) is 0 Å². The number of ether oxygens (including phenoxy) is 1. The molecule has 0 amide bonds. The van der Waals surface area contributed by atoms with Crippen molar-refractivity contribution in [1.29, 1.82) is 0 Å². The van der Waals surface area contributed by atoms with Crippen molar-refractivity contribution < 1.29 is 4.74 Å². The normalized spacial score (nSPS) is 11.2. The molecule has 0 aliphatic rings. The summed E-state index contributed by atoms with van der Waals surface area (Å²) in [5, 5.41) is 6.54. The second-order valence-electron chi connectivity index (χ2n) is 5.38. The molecule has 2 rings (SSSR count). The smallest absolute Gasteiger partial charge is 0.191 e. The van der Waals surface area contributed by atoms with Crippen molar-refractivity contribution in [3.8, 4) is 5.75 Å². The van der Waals surface area contributed by atoms with Gasteiger partial charge in [-0.2, -0.15) is 0 Å². The molecular weight excluding hydrogens is 300 g/mol. The zero-order valence-electron chi connectivity index (χ0n) is 14.5. The first-order valence-corrected chi connectivity index (χ1v) is 8.45. The Morgan fingerprint density at radius 1 is 1.08 bits per heavy atom. The third kappa shape index (κ3) is 6.28. The fraction of sp³-hybridized carbons (Fsp3) is 0.368. The van der Waals surface area contributed by atoms with E-state index in [2.05, 4.69) is 34.5 Å². The van der Waals surface area contributed by atoms with E-state index in [1.54, 1.807) is 6.20 Å². The quantitative estimate of drug-likeness (QED) is 0.578. The maximum absolute atomic E-state index is 5.74. The molecule has 5 nitrogen and oxygen atoms in total. The van der Waals surface area contributed by atoms with E-state index in [0.29, 0.717) is 13.2 Å². The van der Waals surface area contributed by atoms with Crippen LogP contribution in [-0.4, -0.2) is 24.0 Å². The van der Waals surface area contributed by atoms with Gasteiger partial charge in [0.25, 0.3) is 0 Å². The van der Waals surface area contributed by atoms with Crippen LogP contribution < -0.4 is 15.4 Å². The van der Waals surface area contributed by atoms with Crippen LogP contribution in [0.15, 0.2) is 53.7 Å². The van der Waals surface area contributed by atoms with Gasteiger partial charge in [0, 0.05) is 19.3 Å². The molecule has 0 aliphatic heterocycles. The number of nitrogens with one attached hydrogen (secondary N) is 2. The maximum Gasteiger partial charge on any atom is 0.191 e. The van der Waals surface area contributed by atoms with Crippen molar-refractivity contribution in [3.63, 3.8) is 0 Å². The zero-order valence-corrected chi connectivity index (χ0v) is 14.5. The van der Waals surface area contributed by atoms with E-state index in [4.69, 9.17) is 4.74 Å². The summed E-state index contributed by atoms with van der Waals surface area (Å²) >= 11 is 0. The molecule has 2 N–H and O–H groups in total. The summed E-state index contributed by atoms with van der Waals surface area (Å²) in [5.41, 5.74) is 2.07. The number of pyridine rings is 1. The van der Waals surface area contributed by atoms with Crippen LogP contribution in [0.1, 0.15) is 31.5 Å². The zero-order chi connectivity index (χ0) is 17.0. The molecule has 1 aromatic carbocycles. The number of aromatic nitrogens is 1. The van der Waals surface area contributed by atoms with Crippen LogP contribution in [0.25, 0.3) is 0 Å². The molecule has 0 saturated heterocycles. The predicted molar refractivity (Wildman–Crippen MR) is 98.1 cm³/mol. The van der Waals surface area contributed by atoms with Crippen molar-refractivity contribution in [2.75, 3.05) is 13.1 Å². The maximum atomic E-state index is 5.74. The van der Waals surface area contributed by atoms with Crippen molar-refractivity contribution in [3.05, 3.63) is 59.9 Å². The van der Waals surface area contributed by atoms with Crippen LogP contribution in [0.2, 0.25) is 0 Å². The molecule has 0 radical (unpaired) electrons. The van der Waals surface area contributed by atoms with Crippen LogP contribution >= 0.6 is 0 Å². The van der Waals surface area contributed by atoms with E-state index in [0.717, 1.165) is 42.5 Å². The fourth-order valence-corrected chi connectivity index (χ4v) is 2.09. The van der Waals surface area contributed by atoms with Crippen LogP contribution in [0.5, 0.6) is 5.75 Å². The highest BCUT2D eigenvalue weighted by atomic mass is 16.5. The summed E-state index contributed by atoms with van der Waals surface area (Å²) in [4.78, 5) is 8.83. The number of nitrogens with zero attached hydrogens (tertiary/aromatic N) is 2. The van der Waals surface area contributed by atoms with Crippen molar-refractivity contribution in [2.45, 2.75) is 33.4 Å². The summed E-state index contributed by atoms with van der Waals surface area (Å²) < 4.78 is 5.74. The van der Waals surface area contributed by atoms with Gasteiger partial charge in [0.2, 0.25) is 0 Å². The summed E-state index contributed by atoms with van der Waals surface area (Å²) in [5.74, 6) is 1.69. The first-order chi connectivity index (χ1) is 11.8. The number of hydrogen-bond acceptors (Lipinski definition) is 3. The second-order valence-corrected chi connectivity index (χ2v) is 5.38. The highest BCUT2D eigenvalue weighted by molar-refractivity contribution is 5.79. The van der Waals surface area contributed by atoms with Crippen molar-refractivity contribution >= 4 is 5.96 Å². The molecule has 0 aliphatic carbocycles. The van der Waals surface area contributed by atoms with Gasteiger partial charge >= 0.3 is 0 Å². The summed E-state index contributed by atoms with van der Waals surface area (Å²) in [7, 11) is 0. The molecular formula is C19H26N4O. The Balaban J connectivity index is 1.86. The summed E-state index contributed by atoms with van der Waals surface area (Å²) in [6.45, 7) is 7.10. The van der Waals surface area contributed by atoms with Gasteiger partial charge in [0.05, 0.1) is 12.2 Å². The molecule has 0 saturated carbocycles. The van der Waals surface area contributed by atoms with E-state index in [1.165, 1.54) is 0 Å². The minimum atomic E-state index is 0.476. The number of guanidine groups is 1. The molecule has 0 atom stereocenters. The lowest BCUT2D eigenvalue weighted by Crippen LogP contribution is -2.37. The Hall–Kier alpha value is -2.56. The Morgan fingerprint density at radius 3 is 2.58 bits per heavy atom. The van der Waals surface area contributed by atoms with E-state index in [1.807, 2.05) is 42.5 Å². The molecule has 5 heteroatoms. The highest BCUT2D eigenvalue weighted by Crippen LogP contribution is 2.14. The van der Waals surface area contributed by atoms with Crippen LogP contribution in [0, 0.1) is 0 Å². The van der Waals surface area contributed by atoms with Gasteiger partial charge in [-0.25, -0.2) is 4.99 Å². The lowest BCUT2D eigenvalue weighted by molar-refractivity contribution is 0.301. The first kappa shape index (κ1) is 17.8. The topological polar surface area (TPSA) is 58.5 Å². The van der Waals surface area contributed by atoms with Crippen molar-refractivity contribution in [1.82, 2.24) is 15.6 Å². The summed E-state index contributed by atoms with van der Waals surface area (Å²) in [6, 6.07) is 13.8. The average molecular weight is 326 g/mol. The van der Waals surface area contributed by atoms with Crippen LogP contribution in [-0.2, 0) is 13.2 Å². The minimum absolute atomic E-state index is 0.476. The van der Waals surface area contributed by atoms with E-state index in [-0.39, 0.29) is 0 Å². The van der Waals surface area contributed by atoms with Crippen LogP contribution in [0.3, 0.4) is 0 Å². The molecule has 24 heavy (non-hydrogen) atoms. The Morgan fingerprint density at radius 2 is 1.92 bits per heavy atom. The lowest BCUT2D eigenvalue weighted by atomic mass is 10.2. The third-order valence-electron chi connectivity index (χ3n) is 3.34. The molecule has 0 bridgehead atoms. The Labute approximate surface area is 144 Å². The Bertz CT molecular complexity index is 611. The van der Waals surface area contributed by atoms with E-state index in [9.17, 15) is 0 Å². The SMILES string of the molecule is CCCNC(=NCc1ccc(OCc2ccccn2)cc1)NCC. The molecule has 1 aromatic heterocycles. The number of hydrogen-bond donors (Lipinski definition) is 2. The van der Waals surface area contributed by atoms with E-state index < -0.39 is 0 Å². The highest BCUT2D eigenvalue weighted by Gasteiger charge is 1.99. The van der Waals surface area contributed by atoms with Gasteiger partial charge in [-0.15, -0.1) is 0 Å². The van der Waals surface area contributed by atoms with Gasteiger partial charge in [-0.05, 0) is 43.2 Å². The largest absolute Gasteiger partial charge is 0.487 e. The summed E-state index contributed by atoms with van der Waals surface area (Å²) in [6.07, 6.45) is 2.85. The molecule has 128 valence electrons. The third-order valence-corrected chi connectivity index (χ3v) is 3.34. The lowest BCUT2D eigenvalue weighted by Gasteiger charge is -2.10. The standard InChI is InChI=1S/C19H26N4O/c1-3-12-22-19(20-4-2)23-14-16-8-10-18(11-9-16)24-15-17-7-5-6-13-21-17/h5-11,13H,3-4,12,14-15H2,1-2H3,(H2,20,22,23). The monoisotopic (exact) mass is 326 g/mol. The number of aliphatic imine (C=N–C) groups is 1. The minimum Gasteiger partial charge on any atom is -0.487 e. The molecule has 2 aromatic rings. The van der Waals surface area contributed by atoms with Gasteiger partial charge in [-0.3, -0.25) is 4.98 Å². The second kappa shape index (κ2) is 10.3. The van der Waals surface area contributed by atoms with Crippen molar-refractivity contribution in [2.24, 2.45) is 4.99 Å². The number of benzene rings is 1. The van der Waals surface area contributed by atoms with Gasteiger partial charge < -0.3 is 15.4 Å². The first-order valence-electron chi connectivity index (χ1n) is 8.45. The average Bonchev–Trinajstić information content (AvgIpc) is 2.64. The number of rotatable bonds is 8. The van der Waals surface area contributed by atoms with Gasteiger partial charge in [0.1, 0.15) is 12.4 Å². The molecule has 1 heterocycles. The molecule has 0 fully saturated rings. The van der Waals surface area contributed by atoms with Gasteiger partial charge in [0.15, 0.2) is 5.96 Å². The predicted octanol–water partition coefficient (Wildman–Crippen LogP) is 3.13.